The van der Waals surface area contributed by atoms with Crippen molar-refractivity contribution in [1.82, 2.24) is 15.8 Å². The lowest BCUT2D eigenvalue weighted by molar-refractivity contribution is 0.00990. The van der Waals surface area contributed by atoms with E-state index in [1.165, 1.54) is 12.1 Å². The van der Waals surface area contributed by atoms with Gasteiger partial charge in [-0.1, -0.05) is 18.2 Å². The first-order valence-electron chi connectivity index (χ1n) is 8.98. The highest BCUT2D eigenvalue weighted by Crippen LogP contribution is 2.28. The van der Waals surface area contributed by atoms with Crippen molar-refractivity contribution in [3.8, 4) is 11.5 Å². The van der Waals surface area contributed by atoms with Crippen molar-refractivity contribution in [3.63, 3.8) is 0 Å². The molecule has 2 unspecified atom stereocenters. The standard InChI is InChI=1S/C20H24FN3O2/c1-25-17-3-2-4-18(9-17)26-19-12-24(13-19)11-15-10-22-23-20(15)14-5-7-16(21)8-6-14/h2-9,15,19-20,22-23H,10-13H2,1H3. The van der Waals surface area contributed by atoms with Crippen LogP contribution < -0.4 is 20.3 Å². The summed E-state index contributed by atoms with van der Waals surface area (Å²) in [7, 11) is 1.66. The molecule has 0 saturated carbocycles. The largest absolute Gasteiger partial charge is 0.497 e. The number of hydrazine groups is 1. The van der Waals surface area contributed by atoms with Gasteiger partial charge in [-0.2, -0.15) is 0 Å². The van der Waals surface area contributed by atoms with E-state index in [1.54, 1.807) is 7.11 Å². The van der Waals surface area contributed by atoms with Gasteiger partial charge in [-0.25, -0.2) is 9.82 Å². The molecule has 2 saturated heterocycles. The molecule has 0 aliphatic carbocycles. The van der Waals surface area contributed by atoms with Crippen molar-refractivity contribution < 1.29 is 13.9 Å². The van der Waals surface area contributed by atoms with Gasteiger partial charge in [0.05, 0.1) is 13.2 Å². The predicted molar refractivity (Wildman–Crippen MR) is 97.6 cm³/mol. The third-order valence-corrected chi connectivity index (χ3v) is 5.08. The Hall–Kier alpha value is -2.15. The Morgan fingerprint density at radius 2 is 1.88 bits per heavy atom. The summed E-state index contributed by atoms with van der Waals surface area (Å²) in [4.78, 5) is 2.40. The van der Waals surface area contributed by atoms with Crippen LogP contribution in [0.5, 0.6) is 11.5 Å². The Morgan fingerprint density at radius 3 is 2.65 bits per heavy atom. The molecule has 2 aromatic carbocycles. The maximum atomic E-state index is 13.1. The zero-order valence-electron chi connectivity index (χ0n) is 14.8. The van der Waals surface area contributed by atoms with Gasteiger partial charge in [-0.15, -0.1) is 0 Å². The Bertz CT molecular complexity index is 734. The van der Waals surface area contributed by atoms with E-state index in [4.69, 9.17) is 9.47 Å². The van der Waals surface area contributed by atoms with Crippen LogP contribution in [-0.2, 0) is 0 Å². The molecule has 2 heterocycles. The third kappa shape index (κ3) is 3.82. The molecular weight excluding hydrogens is 333 g/mol. The van der Waals surface area contributed by atoms with Crippen LogP contribution in [0.3, 0.4) is 0 Å². The first kappa shape index (κ1) is 17.3. The van der Waals surface area contributed by atoms with Crippen molar-refractivity contribution in [2.75, 3.05) is 33.3 Å². The maximum Gasteiger partial charge on any atom is 0.124 e. The van der Waals surface area contributed by atoms with E-state index in [2.05, 4.69) is 15.8 Å². The van der Waals surface area contributed by atoms with E-state index < -0.39 is 0 Å². The predicted octanol–water partition coefficient (Wildman–Crippen LogP) is 2.36. The van der Waals surface area contributed by atoms with Crippen LogP contribution in [0.4, 0.5) is 4.39 Å². The summed E-state index contributed by atoms with van der Waals surface area (Å²) in [6.45, 7) is 3.73. The zero-order chi connectivity index (χ0) is 17.9. The van der Waals surface area contributed by atoms with Crippen molar-refractivity contribution in [2.45, 2.75) is 12.1 Å². The fourth-order valence-corrected chi connectivity index (χ4v) is 3.68. The molecule has 2 aromatic rings. The number of halogens is 1. The molecule has 2 fully saturated rings. The summed E-state index contributed by atoms with van der Waals surface area (Å²) in [5.41, 5.74) is 7.67. The highest BCUT2D eigenvalue weighted by atomic mass is 19.1. The second-order valence-electron chi connectivity index (χ2n) is 6.95. The number of methoxy groups -OCH3 is 1. The minimum Gasteiger partial charge on any atom is -0.497 e. The number of benzene rings is 2. The molecule has 6 heteroatoms. The van der Waals surface area contributed by atoms with E-state index in [9.17, 15) is 4.39 Å². The number of rotatable bonds is 6. The SMILES string of the molecule is COc1cccc(OC2CN(CC3CNNC3c3ccc(F)cc3)C2)c1. The Balaban J connectivity index is 1.28. The average molecular weight is 357 g/mol. The number of nitrogens with one attached hydrogen (secondary N) is 2. The monoisotopic (exact) mass is 357 g/mol. The van der Waals surface area contributed by atoms with Crippen LogP contribution in [0.2, 0.25) is 0 Å². The minimum atomic E-state index is -0.198. The van der Waals surface area contributed by atoms with Gasteiger partial charge in [-0.3, -0.25) is 10.3 Å². The van der Waals surface area contributed by atoms with Gasteiger partial charge in [0.15, 0.2) is 0 Å². The first-order valence-corrected chi connectivity index (χ1v) is 8.98. The van der Waals surface area contributed by atoms with E-state index in [0.717, 1.165) is 43.2 Å². The van der Waals surface area contributed by atoms with Crippen LogP contribution in [-0.4, -0.2) is 44.3 Å². The first-order chi connectivity index (χ1) is 12.7. The smallest absolute Gasteiger partial charge is 0.124 e. The van der Waals surface area contributed by atoms with E-state index in [-0.39, 0.29) is 18.0 Å². The molecule has 0 bridgehead atoms. The maximum absolute atomic E-state index is 13.1. The molecule has 5 nitrogen and oxygen atoms in total. The molecule has 2 atom stereocenters. The van der Waals surface area contributed by atoms with Crippen molar-refractivity contribution in [3.05, 3.63) is 59.9 Å². The second kappa shape index (κ2) is 7.61. The molecule has 138 valence electrons. The third-order valence-electron chi connectivity index (χ3n) is 5.08. The van der Waals surface area contributed by atoms with Crippen LogP contribution in [0.25, 0.3) is 0 Å². The lowest BCUT2D eigenvalue weighted by atomic mass is 9.93. The van der Waals surface area contributed by atoms with E-state index in [0.29, 0.717) is 5.92 Å². The average Bonchev–Trinajstić information content (AvgIpc) is 3.09. The second-order valence-corrected chi connectivity index (χ2v) is 6.95. The quantitative estimate of drug-likeness (QED) is 0.831. The molecule has 0 radical (unpaired) electrons. The van der Waals surface area contributed by atoms with Crippen LogP contribution in [0.1, 0.15) is 11.6 Å². The Morgan fingerprint density at radius 1 is 1.12 bits per heavy atom. The van der Waals surface area contributed by atoms with E-state index in [1.807, 2.05) is 36.4 Å². The van der Waals surface area contributed by atoms with E-state index >= 15 is 0 Å². The summed E-state index contributed by atoms with van der Waals surface area (Å²) in [6, 6.07) is 14.7. The number of hydrogen-bond acceptors (Lipinski definition) is 5. The molecule has 2 aliphatic heterocycles. The number of likely N-dealkylation sites (tertiary alicyclic amines) is 1. The lowest BCUT2D eigenvalue weighted by Gasteiger charge is -2.40. The normalized spacial score (nSPS) is 23.6. The molecule has 0 amide bonds. The molecule has 2 N–H and O–H groups in total. The molecule has 0 aromatic heterocycles. The highest BCUT2D eigenvalue weighted by Gasteiger charge is 2.35. The van der Waals surface area contributed by atoms with Crippen LogP contribution in [0.15, 0.2) is 48.5 Å². The number of hydrogen-bond donors (Lipinski definition) is 2. The van der Waals surface area contributed by atoms with Gasteiger partial charge in [0, 0.05) is 38.2 Å². The molecule has 0 spiro atoms. The Labute approximate surface area is 153 Å². The minimum absolute atomic E-state index is 0.198. The van der Waals surface area contributed by atoms with Gasteiger partial charge in [0.25, 0.3) is 0 Å². The fourth-order valence-electron chi connectivity index (χ4n) is 3.68. The lowest BCUT2D eigenvalue weighted by Crippen LogP contribution is -2.55. The summed E-state index contributed by atoms with van der Waals surface area (Å²) in [6.07, 6.45) is 0.216. The van der Waals surface area contributed by atoms with Crippen molar-refractivity contribution >= 4 is 0 Å². The summed E-state index contributed by atoms with van der Waals surface area (Å²) in [5.74, 6) is 1.90. The van der Waals surface area contributed by atoms with Crippen molar-refractivity contribution in [2.24, 2.45) is 5.92 Å². The number of nitrogens with zero attached hydrogens (tertiary/aromatic N) is 1. The number of ether oxygens (including phenoxy) is 2. The van der Waals surface area contributed by atoms with Crippen molar-refractivity contribution in [1.29, 1.82) is 0 Å². The summed E-state index contributed by atoms with van der Waals surface area (Å²) < 4.78 is 24.4. The van der Waals surface area contributed by atoms with Crippen LogP contribution in [0, 0.1) is 11.7 Å². The van der Waals surface area contributed by atoms with Gasteiger partial charge >= 0.3 is 0 Å². The summed E-state index contributed by atoms with van der Waals surface area (Å²) in [5, 5.41) is 0. The van der Waals surface area contributed by atoms with Gasteiger partial charge in [0.1, 0.15) is 23.4 Å². The Kier molecular flexibility index (Phi) is 5.06. The van der Waals surface area contributed by atoms with Gasteiger partial charge in [0.2, 0.25) is 0 Å². The zero-order valence-corrected chi connectivity index (χ0v) is 14.8. The highest BCUT2D eigenvalue weighted by molar-refractivity contribution is 5.33. The fraction of sp³-hybridized carbons (Fsp3) is 0.400. The van der Waals surface area contributed by atoms with Crippen LogP contribution >= 0.6 is 0 Å². The molecule has 4 rings (SSSR count). The van der Waals surface area contributed by atoms with Gasteiger partial charge in [-0.05, 0) is 29.8 Å². The topological polar surface area (TPSA) is 45.8 Å². The molecule has 26 heavy (non-hydrogen) atoms. The van der Waals surface area contributed by atoms with Gasteiger partial charge < -0.3 is 9.47 Å². The molecule has 2 aliphatic rings. The molecular formula is C20H24FN3O2. The summed E-state index contributed by atoms with van der Waals surface area (Å²) >= 11 is 0.